The van der Waals surface area contributed by atoms with Crippen LogP contribution in [0.2, 0.25) is 0 Å². The van der Waals surface area contributed by atoms with Crippen molar-refractivity contribution in [2.24, 2.45) is 5.92 Å². The van der Waals surface area contributed by atoms with Gasteiger partial charge in [0.25, 0.3) is 0 Å². The third kappa shape index (κ3) is 2.68. The molecule has 0 spiro atoms. The summed E-state index contributed by atoms with van der Waals surface area (Å²) in [7, 11) is 0. The fourth-order valence-corrected chi connectivity index (χ4v) is 2.14. The van der Waals surface area contributed by atoms with Crippen molar-refractivity contribution in [3.05, 3.63) is 23.3 Å². The van der Waals surface area contributed by atoms with E-state index in [-0.39, 0.29) is 0 Å². The Morgan fingerprint density at radius 3 is 3.06 bits per heavy atom. The summed E-state index contributed by atoms with van der Waals surface area (Å²) in [6.45, 7) is 6.25. The van der Waals surface area contributed by atoms with Gasteiger partial charge in [0.2, 0.25) is 0 Å². The first-order valence-electron chi connectivity index (χ1n) is 5.40. The number of thiazole rings is 1. The van der Waals surface area contributed by atoms with Crippen LogP contribution in [0, 0.1) is 5.92 Å². The molecule has 2 N–H and O–H groups in total. The summed E-state index contributed by atoms with van der Waals surface area (Å²) in [5.74, 6) is 0.662. The average molecular weight is 236 g/mol. The molecule has 2 heterocycles. The second-order valence-electron chi connectivity index (χ2n) is 4.13. The molecule has 0 amide bonds. The van der Waals surface area contributed by atoms with Gasteiger partial charge in [-0.3, -0.25) is 5.10 Å². The van der Waals surface area contributed by atoms with Crippen LogP contribution in [0.1, 0.15) is 19.4 Å². The molecule has 16 heavy (non-hydrogen) atoms. The van der Waals surface area contributed by atoms with Gasteiger partial charge in [-0.1, -0.05) is 13.8 Å². The lowest BCUT2D eigenvalue weighted by Crippen LogP contribution is -2.19. The lowest BCUT2D eigenvalue weighted by Gasteiger charge is -2.06. The summed E-state index contributed by atoms with van der Waals surface area (Å²) in [6, 6.07) is 0. The van der Waals surface area contributed by atoms with Gasteiger partial charge < -0.3 is 5.32 Å². The van der Waals surface area contributed by atoms with E-state index in [9.17, 15) is 0 Å². The molecule has 0 unspecified atom stereocenters. The monoisotopic (exact) mass is 236 g/mol. The molecule has 2 aromatic rings. The van der Waals surface area contributed by atoms with E-state index in [0.717, 1.165) is 23.8 Å². The normalized spacial score (nSPS) is 11.2. The van der Waals surface area contributed by atoms with E-state index < -0.39 is 0 Å². The first kappa shape index (κ1) is 11.3. The number of H-pyrrole nitrogens is 1. The van der Waals surface area contributed by atoms with Gasteiger partial charge in [-0.25, -0.2) is 4.98 Å². The van der Waals surface area contributed by atoms with Gasteiger partial charge in [-0.15, -0.1) is 11.3 Å². The fraction of sp³-hybridized carbons (Fsp3) is 0.455. The second-order valence-corrected chi connectivity index (χ2v) is 5.03. The summed E-state index contributed by atoms with van der Waals surface area (Å²) in [6.07, 6.45) is 3.68. The Balaban J connectivity index is 2.03. The van der Waals surface area contributed by atoms with E-state index in [1.165, 1.54) is 5.56 Å². The molecule has 4 nitrogen and oxygen atoms in total. The van der Waals surface area contributed by atoms with Gasteiger partial charge >= 0.3 is 0 Å². The van der Waals surface area contributed by atoms with Crippen molar-refractivity contribution in [1.29, 1.82) is 0 Å². The van der Waals surface area contributed by atoms with Gasteiger partial charge in [0.1, 0.15) is 5.01 Å². The third-order valence-electron chi connectivity index (χ3n) is 2.23. The molecule has 2 aromatic heterocycles. The van der Waals surface area contributed by atoms with Gasteiger partial charge in [-0.05, 0) is 12.5 Å². The average Bonchev–Trinajstić information content (AvgIpc) is 2.84. The fourth-order valence-electron chi connectivity index (χ4n) is 1.47. The summed E-state index contributed by atoms with van der Waals surface area (Å²) in [5, 5.41) is 13.5. The van der Waals surface area contributed by atoms with Crippen molar-refractivity contribution in [3.63, 3.8) is 0 Å². The maximum absolute atomic E-state index is 4.28. The van der Waals surface area contributed by atoms with Gasteiger partial charge in [0, 0.05) is 23.7 Å². The molecule has 86 valence electrons. The van der Waals surface area contributed by atoms with Crippen LogP contribution in [0.5, 0.6) is 0 Å². The zero-order chi connectivity index (χ0) is 11.4. The summed E-state index contributed by atoms with van der Waals surface area (Å²) >= 11 is 1.62. The molecule has 0 radical (unpaired) electrons. The Bertz CT molecular complexity index is 419. The predicted molar refractivity (Wildman–Crippen MR) is 66.2 cm³/mol. The van der Waals surface area contributed by atoms with Crippen LogP contribution >= 0.6 is 11.3 Å². The number of rotatable bonds is 5. The molecule has 0 aliphatic rings. The van der Waals surface area contributed by atoms with E-state index >= 15 is 0 Å². The topological polar surface area (TPSA) is 53.6 Å². The van der Waals surface area contributed by atoms with Crippen molar-refractivity contribution in [2.75, 3.05) is 6.54 Å². The molecule has 0 atom stereocenters. The van der Waals surface area contributed by atoms with Crippen molar-refractivity contribution < 1.29 is 0 Å². The van der Waals surface area contributed by atoms with E-state index in [1.54, 1.807) is 11.3 Å². The number of nitrogens with zero attached hydrogens (tertiary/aromatic N) is 2. The smallest absolute Gasteiger partial charge is 0.141 e. The van der Waals surface area contributed by atoms with Crippen LogP contribution in [0.3, 0.4) is 0 Å². The summed E-state index contributed by atoms with van der Waals surface area (Å²) in [5.41, 5.74) is 2.21. The number of hydrogen-bond donors (Lipinski definition) is 2. The van der Waals surface area contributed by atoms with Gasteiger partial charge in [-0.2, -0.15) is 5.10 Å². The quantitative estimate of drug-likeness (QED) is 0.837. The molecule has 5 heteroatoms. The Labute approximate surface area is 99.1 Å². The number of nitrogens with one attached hydrogen (secondary N) is 2. The highest BCUT2D eigenvalue weighted by molar-refractivity contribution is 7.13. The zero-order valence-corrected chi connectivity index (χ0v) is 10.3. The molecule has 0 saturated carbocycles. The minimum atomic E-state index is 0.662. The predicted octanol–water partition coefficient (Wildman–Crippen LogP) is 2.28. The van der Waals surface area contributed by atoms with E-state index in [2.05, 4.69) is 34.3 Å². The standard InChI is InChI=1S/C11H16N4S/c1-8(2)5-12-6-9-7-14-15-10(9)11-13-3-4-16-11/h3-4,7-8,12H,5-6H2,1-2H3,(H,14,15). The van der Waals surface area contributed by atoms with Crippen LogP contribution in [0.15, 0.2) is 17.8 Å². The van der Waals surface area contributed by atoms with E-state index in [4.69, 9.17) is 0 Å². The Morgan fingerprint density at radius 2 is 2.38 bits per heavy atom. The van der Waals surface area contributed by atoms with Crippen LogP contribution in [0.25, 0.3) is 10.7 Å². The number of hydrogen-bond acceptors (Lipinski definition) is 4. The van der Waals surface area contributed by atoms with Crippen LogP contribution in [0.4, 0.5) is 0 Å². The lowest BCUT2D eigenvalue weighted by atomic mass is 10.2. The Kier molecular flexibility index (Phi) is 3.69. The SMILES string of the molecule is CC(C)CNCc1cn[nH]c1-c1nccs1. The largest absolute Gasteiger partial charge is 0.312 e. The maximum atomic E-state index is 4.28. The second kappa shape index (κ2) is 5.23. The van der Waals surface area contributed by atoms with E-state index in [0.29, 0.717) is 5.92 Å². The van der Waals surface area contributed by atoms with Gasteiger partial charge in [0.05, 0.1) is 11.9 Å². The minimum Gasteiger partial charge on any atom is -0.312 e. The summed E-state index contributed by atoms with van der Waals surface area (Å²) in [4.78, 5) is 4.28. The zero-order valence-electron chi connectivity index (χ0n) is 9.53. The highest BCUT2D eigenvalue weighted by Gasteiger charge is 2.09. The minimum absolute atomic E-state index is 0.662. The molecular weight excluding hydrogens is 220 g/mol. The Hall–Kier alpha value is -1.20. The number of aromatic nitrogens is 3. The molecular formula is C11H16N4S. The maximum Gasteiger partial charge on any atom is 0.141 e. The number of aromatic amines is 1. The van der Waals surface area contributed by atoms with Crippen LogP contribution < -0.4 is 5.32 Å². The molecule has 0 aliphatic heterocycles. The highest BCUT2D eigenvalue weighted by atomic mass is 32.1. The lowest BCUT2D eigenvalue weighted by molar-refractivity contribution is 0.553. The molecule has 0 saturated heterocycles. The van der Waals surface area contributed by atoms with Crippen molar-refractivity contribution >= 4 is 11.3 Å². The highest BCUT2D eigenvalue weighted by Crippen LogP contribution is 2.22. The van der Waals surface area contributed by atoms with Crippen molar-refractivity contribution in [2.45, 2.75) is 20.4 Å². The molecule has 2 rings (SSSR count). The molecule has 0 bridgehead atoms. The van der Waals surface area contributed by atoms with E-state index in [1.807, 2.05) is 17.8 Å². The van der Waals surface area contributed by atoms with Gasteiger partial charge in [0.15, 0.2) is 0 Å². The first-order chi connectivity index (χ1) is 7.77. The van der Waals surface area contributed by atoms with Crippen LogP contribution in [-0.2, 0) is 6.54 Å². The third-order valence-corrected chi connectivity index (χ3v) is 3.02. The van der Waals surface area contributed by atoms with Crippen molar-refractivity contribution in [3.8, 4) is 10.7 Å². The Morgan fingerprint density at radius 1 is 1.50 bits per heavy atom. The van der Waals surface area contributed by atoms with Crippen molar-refractivity contribution in [1.82, 2.24) is 20.5 Å². The summed E-state index contributed by atoms with van der Waals surface area (Å²) < 4.78 is 0. The molecule has 0 fully saturated rings. The van der Waals surface area contributed by atoms with Crippen LogP contribution in [-0.4, -0.2) is 21.7 Å². The molecule has 0 aromatic carbocycles. The first-order valence-corrected chi connectivity index (χ1v) is 6.28. The molecule has 0 aliphatic carbocycles.